The zero-order chi connectivity index (χ0) is 18.0. The highest BCUT2D eigenvalue weighted by atomic mass is 35.5. The van der Waals surface area contributed by atoms with Gasteiger partial charge in [0.1, 0.15) is 5.75 Å². The minimum absolute atomic E-state index is 0.110. The Hall–Kier alpha value is -2.09. The Morgan fingerprint density at radius 2 is 1.76 bits per heavy atom. The quantitative estimate of drug-likeness (QED) is 0.864. The number of hydrogen-bond donors (Lipinski definition) is 1. The lowest BCUT2D eigenvalue weighted by molar-refractivity contribution is -0.117. The molecule has 2 aromatic rings. The largest absolute Gasteiger partial charge is 0.497 e. The van der Waals surface area contributed by atoms with Crippen LogP contribution in [0.2, 0.25) is 5.02 Å². The van der Waals surface area contributed by atoms with Gasteiger partial charge in [-0.15, -0.1) is 0 Å². The number of nitrogens with one attached hydrogen (secondary N) is 1. The molecular weight excluding hydrogens is 364 g/mol. The number of benzene rings is 2. The van der Waals surface area contributed by atoms with Gasteiger partial charge in [-0.1, -0.05) is 11.6 Å². The monoisotopic (exact) mass is 380 g/mol. The number of methoxy groups -OCH3 is 1. The van der Waals surface area contributed by atoms with Crippen LogP contribution in [0, 0.1) is 0 Å². The van der Waals surface area contributed by atoms with E-state index in [0.717, 1.165) is 0 Å². The van der Waals surface area contributed by atoms with Crippen molar-refractivity contribution in [3.8, 4) is 5.75 Å². The van der Waals surface area contributed by atoms with E-state index >= 15 is 0 Å². The van der Waals surface area contributed by atoms with E-state index in [4.69, 9.17) is 16.3 Å². The average molecular weight is 381 g/mol. The lowest BCUT2D eigenvalue weighted by Gasteiger charge is -2.17. The molecule has 0 aliphatic carbocycles. The van der Waals surface area contributed by atoms with Gasteiger partial charge in [-0.3, -0.25) is 4.79 Å². The Labute approximate surface area is 151 Å². The predicted octanol–water partition coefficient (Wildman–Crippen LogP) is 2.43. The molecular formula is C17H17ClN2O4S. The van der Waals surface area contributed by atoms with Crippen molar-refractivity contribution in [2.75, 3.05) is 18.6 Å². The van der Waals surface area contributed by atoms with Crippen LogP contribution < -0.4 is 14.4 Å². The molecule has 132 valence electrons. The van der Waals surface area contributed by atoms with E-state index < -0.39 is 16.1 Å². The van der Waals surface area contributed by atoms with Gasteiger partial charge in [0.25, 0.3) is 0 Å². The normalized spacial score (nSPS) is 17.8. The lowest BCUT2D eigenvalue weighted by atomic mass is 10.3. The summed E-state index contributed by atoms with van der Waals surface area (Å²) in [5.41, 5.74) is 0.707. The van der Waals surface area contributed by atoms with Crippen LogP contribution in [0.3, 0.4) is 0 Å². The molecule has 1 amide bonds. The molecule has 0 saturated carbocycles. The Morgan fingerprint density at radius 1 is 1.12 bits per heavy atom. The minimum Gasteiger partial charge on any atom is -0.497 e. The third kappa shape index (κ3) is 3.95. The fourth-order valence-electron chi connectivity index (χ4n) is 2.70. The molecule has 0 bridgehead atoms. The van der Waals surface area contributed by atoms with Gasteiger partial charge in [-0.25, -0.2) is 13.1 Å². The van der Waals surface area contributed by atoms with Gasteiger partial charge in [0.2, 0.25) is 15.9 Å². The number of hydrogen-bond acceptors (Lipinski definition) is 4. The first kappa shape index (κ1) is 17.7. The molecule has 8 heteroatoms. The molecule has 3 rings (SSSR count). The number of sulfonamides is 1. The van der Waals surface area contributed by atoms with Gasteiger partial charge >= 0.3 is 0 Å². The van der Waals surface area contributed by atoms with Crippen LogP contribution in [0.4, 0.5) is 5.69 Å². The highest BCUT2D eigenvalue weighted by Gasteiger charge is 2.33. The van der Waals surface area contributed by atoms with Crippen molar-refractivity contribution in [3.63, 3.8) is 0 Å². The molecule has 0 unspecified atom stereocenters. The van der Waals surface area contributed by atoms with E-state index in [1.165, 1.54) is 24.3 Å². The highest BCUT2D eigenvalue weighted by molar-refractivity contribution is 7.89. The van der Waals surface area contributed by atoms with Crippen LogP contribution in [0.25, 0.3) is 0 Å². The van der Waals surface area contributed by atoms with Gasteiger partial charge in [0.15, 0.2) is 0 Å². The maximum absolute atomic E-state index is 12.4. The maximum atomic E-state index is 12.4. The van der Waals surface area contributed by atoms with Crippen LogP contribution in [-0.4, -0.2) is 34.0 Å². The van der Waals surface area contributed by atoms with E-state index in [1.54, 1.807) is 36.3 Å². The number of ether oxygens (including phenoxy) is 1. The molecule has 1 aliphatic rings. The summed E-state index contributed by atoms with van der Waals surface area (Å²) in [6.07, 6.45) is 0.110. The third-order valence-electron chi connectivity index (χ3n) is 3.95. The number of carbonyl (C=O) groups excluding carboxylic acids is 1. The fraction of sp³-hybridized carbons (Fsp3) is 0.235. The van der Waals surface area contributed by atoms with Gasteiger partial charge < -0.3 is 9.64 Å². The second-order valence-electron chi connectivity index (χ2n) is 5.68. The van der Waals surface area contributed by atoms with Crippen molar-refractivity contribution in [1.29, 1.82) is 0 Å². The van der Waals surface area contributed by atoms with Gasteiger partial charge in [-0.05, 0) is 48.5 Å². The zero-order valence-electron chi connectivity index (χ0n) is 13.5. The number of halogens is 1. The van der Waals surface area contributed by atoms with Crippen LogP contribution in [0.1, 0.15) is 6.42 Å². The third-order valence-corrected chi connectivity index (χ3v) is 5.74. The van der Waals surface area contributed by atoms with E-state index in [-0.39, 0.29) is 23.8 Å². The number of rotatable bonds is 5. The first-order chi connectivity index (χ1) is 11.9. The van der Waals surface area contributed by atoms with E-state index in [1.807, 2.05) is 0 Å². The van der Waals surface area contributed by atoms with Crippen molar-refractivity contribution >= 4 is 33.2 Å². The Kier molecular flexibility index (Phi) is 4.99. The second kappa shape index (κ2) is 7.03. The molecule has 25 heavy (non-hydrogen) atoms. The van der Waals surface area contributed by atoms with E-state index in [9.17, 15) is 13.2 Å². The summed E-state index contributed by atoms with van der Waals surface area (Å²) in [7, 11) is -2.14. The fourth-order valence-corrected chi connectivity index (χ4v) is 4.05. The summed E-state index contributed by atoms with van der Waals surface area (Å²) in [6.45, 7) is 0.276. The molecule has 0 spiro atoms. The van der Waals surface area contributed by atoms with E-state index in [2.05, 4.69) is 4.72 Å². The number of carbonyl (C=O) groups is 1. The van der Waals surface area contributed by atoms with Crippen LogP contribution >= 0.6 is 11.6 Å². The number of nitrogens with zero attached hydrogens (tertiary/aromatic N) is 1. The van der Waals surface area contributed by atoms with Gasteiger partial charge in [-0.2, -0.15) is 0 Å². The van der Waals surface area contributed by atoms with Crippen LogP contribution in [0.5, 0.6) is 5.75 Å². The predicted molar refractivity (Wildman–Crippen MR) is 95.5 cm³/mol. The summed E-state index contributed by atoms with van der Waals surface area (Å²) in [5.74, 6) is 0.560. The summed E-state index contributed by atoms with van der Waals surface area (Å²) in [6, 6.07) is 12.5. The molecule has 1 fully saturated rings. The number of amides is 1. The SMILES string of the molecule is COc1ccc(N2C[C@@H](NS(=O)(=O)c3ccc(Cl)cc3)CC2=O)cc1. The Bertz CT molecular complexity index is 867. The molecule has 2 aromatic carbocycles. The van der Waals surface area contributed by atoms with E-state index in [0.29, 0.717) is 16.5 Å². The van der Waals surface area contributed by atoms with Gasteiger partial charge in [0, 0.05) is 29.7 Å². The topological polar surface area (TPSA) is 75.7 Å². The summed E-state index contributed by atoms with van der Waals surface area (Å²) >= 11 is 5.78. The average Bonchev–Trinajstić information content (AvgIpc) is 2.95. The van der Waals surface area contributed by atoms with Crippen LogP contribution in [0.15, 0.2) is 53.4 Å². The molecule has 1 atom stereocenters. The van der Waals surface area contributed by atoms with Gasteiger partial charge in [0.05, 0.1) is 12.0 Å². The van der Waals surface area contributed by atoms with Crippen molar-refractivity contribution in [2.45, 2.75) is 17.4 Å². The maximum Gasteiger partial charge on any atom is 0.240 e. The van der Waals surface area contributed by atoms with Crippen molar-refractivity contribution < 1.29 is 17.9 Å². The number of anilines is 1. The zero-order valence-corrected chi connectivity index (χ0v) is 15.0. The Morgan fingerprint density at radius 3 is 2.36 bits per heavy atom. The summed E-state index contributed by atoms with van der Waals surface area (Å²) in [4.78, 5) is 13.9. The summed E-state index contributed by atoms with van der Waals surface area (Å²) in [5, 5.41) is 0.459. The highest BCUT2D eigenvalue weighted by Crippen LogP contribution is 2.25. The molecule has 1 N–H and O–H groups in total. The summed E-state index contributed by atoms with van der Waals surface area (Å²) < 4.78 is 32.5. The minimum atomic E-state index is -3.71. The van der Waals surface area contributed by atoms with Crippen molar-refractivity contribution in [3.05, 3.63) is 53.6 Å². The molecule has 6 nitrogen and oxygen atoms in total. The lowest BCUT2D eigenvalue weighted by Crippen LogP contribution is -2.37. The molecule has 1 heterocycles. The first-order valence-corrected chi connectivity index (χ1v) is 9.47. The second-order valence-corrected chi connectivity index (χ2v) is 7.83. The smallest absolute Gasteiger partial charge is 0.240 e. The molecule has 0 radical (unpaired) electrons. The van der Waals surface area contributed by atoms with Crippen molar-refractivity contribution in [1.82, 2.24) is 4.72 Å². The molecule has 1 aliphatic heterocycles. The first-order valence-electron chi connectivity index (χ1n) is 7.61. The molecule has 1 saturated heterocycles. The van der Waals surface area contributed by atoms with Crippen molar-refractivity contribution in [2.24, 2.45) is 0 Å². The van der Waals surface area contributed by atoms with Crippen LogP contribution in [-0.2, 0) is 14.8 Å². The molecule has 0 aromatic heterocycles. The Balaban J connectivity index is 1.72. The standard InChI is InChI=1S/C17H17ClN2O4S/c1-24-15-6-4-14(5-7-15)20-11-13(10-17(20)21)19-25(22,23)16-8-2-12(18)3-9-16/h2-9,13,19H,10-11H2,1H3/t13-/m0/s1.